The lowest BCUT2D eigenvalue weighted by Crippen LogP contribution is -2.33. The predicted molar refractivity (Wildman–Crippen MR) is 161 cm³/mol. The number of hydrogen-bond donors (Lipinski definition) is 3. The molecule has 1 aromatic carbocycles. The topological polar surface area (TPSA) is 97.9 Å². The summed E-state index contributed by atoms with van der Waals surface area (Å²) in [5.74, 6) is 0.337. The molecule has 12 heteroatoms. The third-order valence-electron chi connectivity index (χ3n) is 7.96. The monoisotopic (exact) mass is 618 g/mol. The first-order chi connectivity index (χ1) is 19.7. The van der Waals surface area contributed by atoms with Crippen molar-refractivity contribution in [3.63, 3.8) is 0 Å². The summed E-state index contributed by atoms with van der Waals surface area (Å²) in [5, 5.41) is 10.4. The Balaban J connectivity index is 1.30. The SMILES string of the molecule is Cn1nc(C(F)(F)F)c(CNc2cccc([C@@H](CN)NC(=O)c3cc4cc5c(nc4s3)CC[C@@H](C(C)(C)C)C5)c2)c1Cl. The van der Waals surface area contributed by atoms with Gasteiger partial charge in [-0.25, -0.2) is 4.98 Å². The molecule has 5 rings (SSSR count). The van der Waals surface area contributed by atoms with E-state index in [1.165, 1.54) is 23.9 Å². The van der Waals surface area contributed by atoms with Crippen LogP contribution < -0.4 is 16.4 Å². The minimum Gasteiger partial charge on any atom is -0.381 e. The fourth-order valence-corrected chi connectivity index (χ4v) is 6.60. The molecule has 42 heavy (non-hydrogen) atoms. The highest BCUT2D eigenvalue weighted by atomic mass is 35.5. The number of alkyl halides is 3. The zero-order valence-electron chi connectivity index (χ0n) is 23.9. The summed E-state index contributed by atoms with van der Waals surface area (Å²) in [6.07, 6.45) is -1.59. The van der Waals surface area contributed by atoms with E-state index in [0.717, 1.165) is 39.9 Å². The van der Waals surface area contributed by atoms with E-state index >= 15 is 0 Å². The van der Waals surface area contributed by atoms with Gasteiger partial charge in [-0.15, -0.1) is 11.3 Å². The van der Waals surface area contributed by atoms with Gasteiger partial charge in [-0.1, -0.05) is 44.5 Å². The molecule has 4 N–H and O–H groups in total. The Hall–Kier alpha value is -3.15. The van der Waals surface area contributed by atoms with Gasteiger partial charge in [-0.3, -0.25) is 9.48 Å². The molecule has 0 saturated carbocycles. The van der Waals surface area contributed by atoms with Crippen LogP contribution in [0.2, 0.25) is 5.15 Å². The second-order valence-electron chi connectivity index (χ2n) is 11.9. The molecule has 3 heterocycles. The van der Waals surface area contributed by atoms with E-state index in [-0.39, 0.29) is 35.1 Å². The van der Waals surface area contributed by atoms with Crippen LogP contribution in [0.4, 0.5) is 18.9 Å². The van der Waals surface area contributed by atoms with E-state index in [9.17, 15) is 18.0 Å². The second-order valence-corrected chi connectivity index (χ2v) is 13.3. The van der Waals surface area contributed by atoms with Crippen LogP contribution in [0.25, 0.3) is 10.2 Å². The van der Waals surface area contributed by atoms with Gasteiger partial charge in [-0.05, 0) is 66.0 Å². The lowest BCUT2D eigenvalue weighted by molar-refractivity contribution is -0.142. The van der Waals surface area contributed by atoms with Crippen molar-refractivity contribution in [2.45, 2.75) is 58.8 Å². The fraction of sp³-hybridized carbons (Fsp3) is 0.433. The number of carbonyl (C=O) groups excluding carboxylic acids is 1. The third-order valence-corrected chi connectivity index (χ3v) is 9.47. The number of fused-ring (bicyclic) bond motifs is 2. The van der Waals surface area contributed by atoms with E-state index in [4.69, 9.17) is 22.3 Å². The number of nitrogens with one attached hydrogen (secondary N) is 2. The summed E-state index contributed by atoms with van der Waals surface area (Å²) >= 11 is 7.45. The number of pyridine rings is 1. The maximum Gasteiger partial charge on any atom is 0.435 e. The summed E-state index contributed by atoms with van der Waals surface area (Å²) in [4.78, 5) is 19.6. The summed E-state index contributed by atoms with van der Waals surface area (Å²) in [6, 6.07) is 10.6. The molecule has 1 amide bonds. The van der Waals surface area contributed by atoms with E-state index in [2.05, 4.69) is 42.6 Å². The number of halogens is 4. The molecule has 0 fully saturated rings. The van der Waals surface area contributed by atoms with Crippen LogP contribution in [0.3, 0.4) is 0 Å². The quantitative estimate of drug-likeness (QED) is 0.209. The van der Waals surface area contributed by atoms with E-state index in [0.29, 0.717) is 22.0 Å². The standard InChI is InChI=1S/C30H34ClF3N6OS/c1-29(2,3)19-8-9-22-17(11-19)10-18-13-24(42-28(18)38-22)27(41)37-23(14-35)16-6-5-7-20(12-16)36-15-21-25(30(32,33)34)39-40(4)26(21)31/h5-7,10,12-13,19,23,36H,8-9,11,14-15,35H2,1-4H3,(H,37,41)/t19-,23-/m1/s1. The lowest BCUT2D eigenvalue weighted by atomic mass is 9.71. The van der Waals surface area contributed by atoms with Crippen LogP contribution in [-0.2, 0) is 32.6 Å². The molecule has 7 nitrogen and oxygen atoms in total. The minimum atomic E-state index is -4.63. The highest BCUT2D eigenvalue weighted by molar-refractivity contribution is 7.20. The molecule has 0 aliphatic heterocycles. The van der Waals surface area contributed by atoms with E-state index < -0.39 is 17.9 Å². The number of aromatic nitrogens is 3. The van der Waals surface area contributed by atoms with Gasteiger partial charge in [0.05, 0.1) is 10.9 Å². The number of thiophene rings is 1. The summed E-state index contributed by atoms with van der Waals surface area (Å²) in [5.41, 5.74) is 8.75. The highest BCUT2D eigenvalue weighted by Crippen LogP contribution is 2.39. The van der Waals surface area contributed by atoms with Gasteiger partial charge in [0.15, 0.2) is 5.69 Å². The first-order valence-corrected chi connectivity index (χ1v) is 15.0. The van der Waals surface area contributed by atoms with Crippen LogP contribution in [-0.4, -0.2) is 27.2 Å². The number of hydrogen-bond acceptors (Lipinski definition) is 6. The third kappa shape index (κ3) is 6.28. The summed E-state index contributed by atoms with van der Waals surface area (Å²) in [6.45, 7) is 6.79. The lowest BCUT2D eigenvalue weighted by Gasteiger charge is -2.34. The molecule has 3 aromatic heterocycles. The maximum absolute atomic E-state index is 13.4. The van der Waals surface area contributed by atoms with Crippen molar-refractivity contribution in [1.82, 2.24) is 20.1 Å². The zero-order valence-corrected chi connectivity index (χ0v) is 25.5. The summed E-state index contributed by atoms with van der Waals surface area (Å²) in [7, 11) is 1.36. The Kier molecular flexibility index (Phi) is 8.30. The van der Waals surface area contributed by atoms with Crippen LogP contribution in [0.5, 0.6) is 0 Å². The van der Waals surface area contributed by atoms with Crippen LogP contribution in [0.15, 0.2) is 36.4 Å². The Morgan fingerprint density at radius 3 is 2.69 bits per heavy atom. The molecule has 0 saturated heterocycles. The molecule has 2 atom stereocenters. The molecule has 1 aliphatic rings. The Labute approximate surface area is 251 Å². The van der Waals surface area contributed by atoms with Crippen LogP contribution in [0, 0.1) is 11.3 Å². The Morgan fingerprint density at radius 1 is 1.24 bits per heavy atom. The number of carbonyl (C=O) groups is 1. The molecular formula is C30H34ClF3N6OS. The average molecular weight is 619 g/mol. The smallest absolute Gasteiger partial charge is 0.381 e. The Bertz CT molecular complexity index is 1620. The normalized spacial score (nSPS) is 16.4. The van der Waals surface area contributed by atoms with Crippen molar-refractivity contribution < 1.29 is 18.0 Å². The van der Waals surface area contributed by atoms with Crippen LogP contribution >= 0.6 is 22.9 Å². The van der Waals surface area contributed by atoms with Crippen molar-refractivity contribution in [3.8, 4) is 0 Å². The molecule has 224 valence electrons. The average Bonchev–Trinajstić information content (AvgIpc) is 3.48. The maximum atomic E-state index is 13.4. The highest BCUT2D eigenvalue weighted by Gasteiger charge is 2.38. The zero-order chi connectivity index (χ0) is 30.4. The molecule has 4 aromatic rings. The van der Waals surface area contributed by atoms with Crippen molar-refractivity contribution >= 4 is 44.7 Å². The first-order valence-electron chi connectivity index (χ1n) is 13.8. The molecule has 0 spiro atoms. The van der Waals surface area contributed by atoms with Crippen LogP contribution in [0.1, 0.15) is 71.0 Å². The number of aryl methyl sites for hydroxylation is 2. The van der Waals surface area contributed by atoms with E-state index in [1.807, 2.05) is 12.1 Å². The number of anilines is 1. The molecule has 0 unspecified atom stereocenters. The summed E-state index contributed by atoms with van der Waals surface area (Å²) < 4.78 is 41.3. The number of rotatable bonds is 7. The predicted octanol–water partition coefficient (Wildman–Crippen LogP) is 6.89. The van der Waals surface area contributed by atoms with Gasteiger partial charge in [0.1, 0.15) is 9.98 Å². The number of nitrogens with zero attached hydrogens (tertiary/aromatic N) is 3. The van der Waals surface area contributed by atoms with Crippen molar-refractivity contribution in [3.05, 3.63) is 74.5 Å². The van der Waals surface area contributed by atoms with Crippen molar-refractivity contribution in [2.75, 3.05) is 11.9 Å². The van der Waals surface area contributed by atoms with E-state index in [1.54, 1.807) is 18.2 Å². The Morgan fingerprint density at radius 2 is 2.00 bits per heavy atom. The number of amides is 1. The van der Waals surface area contributed by atoms with Gasteiger partial charge in [0.25, 0.3) is 5.91 Å². The minimum absolute atomic E-state index is 0.0919. The van der Waals surface area contributed by atoms with Crippen molar-refractivity contribution in [2.24, 2.45) is 24.1 Å². The van der Waals surface area contributed by atoms with Gasteiger partial charge >= 0.3 is 6.18 Å². The fourth-order valence-electron chi connectivity index (χ4n) is 5.47. The second kappa shape index (κ2) is 11.5. The van der Waals surface area contributed by atoms with Gasteiger partial charge < -0.3 is 16.4 Å². The number of nitrogens with two attached hydrogens (primary N) is 1. The largest absolute Gasteiger partial charge is 0.435 e. The van der Waals surface area contributed by atoms with Gasteiger partial charge in [0.2, 0.25) is 0 Å². The van der Waals surface area contributed by atoms with Gasteiger partial charge in [-0.2, -0.15) is 18.3 Å². The van der Waals surface area contributed by atoms with Crippen molar-refractivity contribution in [1.29, 1.82) is 0 Å². The van der Waals surface area contributed by atoms with Gasteiger partial charge in [0, 0.05) is 42.5 Å². The first kappa shape index (κ1) is 30.3. The molecule has 0 radical (unpaired) electrons. The number of benzene rings is 1. The molecular weight excluding hydrogens is 585 g/mol. The molecule has 1 aliphatic carbocycles. The molecule has 0 bridgehead atoms.